The predicted molar refractivity (Wildman–Crippen MR) is 92.9 cm³/mol. The molecule has 1 amide bonds. The fourth-order valence-electron chi connectivity index (χ4n) is 5.59. The molecule has 0 unspecified atom stereocenters. The highest BCUT2D eigenvalue weighted by atomic mass is 16.3. The summed E-state index contributed by atoms with van der Waals surface area (Å²) in [5.41, 5.74) is 3.81. The topological polar surface area (TPSA) is 94.8 Å². The molecule has 5 rings (SSSR count). The summed E-state index contributed by atoms with van der Waals surface area (Å²) < 4.78 is 0. The zero-order chi connectivity index (χ0) is 17.6. The van der Waals surface area contributed by atoms with Gasteiger partial charge in [0, 0.05) is 17.3 Å². The van der Waals surface area contributed by atoms with Crippen LogP contribution >= 0.6 is 0 Å². The van der Waals surface area contributed by atoms with E-state index < -0.39 is 0 Å². The molecule has 0 aromatic carbocycles. The molecule has 134 valence electrons. The molecule has 4 bridgehead atoms. The zero-order valence-corrected chi connectivity index (χ0v) is 14.5. The van der Waals surface area contributed by atoms with Crippen molar-refractivity contribution in [3.8, 4) is 5.75 Å². The molecule has 0 spiro atoms. The Kier molecular flexibility index (Phi) is 4.02. The number of hydrogen-bond acceptors (Lipinski definition) is 5. The zero-order valence-electron chi connectivity index (χ0n) is 14.5. The third kappa shape index (κ3) is 2.82. The van der Waals surface area contributed by atoms with Crippen molar-refractivity contribution in [3.63, 3.8) is 0 Å². The van der Waals surface area contributed by atoms with Crippen molar-refractivity contribution >= 4 is 12.1 Å². The summed E-state index contributed by atoms with van der Waals surface area (Å²) in [4.78, 5) is 16.9. The summed E-state index contributed by atoms with van der Waals surface area (Å²) in [6.07, 6.45) is 9.76. The lowest BCUT2D eigenvalue weighted by molar-refractivity contribution is -0.146. The first-order valence-electron chi connectivity index (χ1n) is 9.12. The predicted octanol–water partition coefficient (Wildman–Crippen LogP) is 2.25. The van der Waals surface area contributed by atoms with E-state index in [1.165, 1.54) is 31.7 Å². The SMILES string of the molecule is Cc1ncc(CO)c(C=NNC(=O)C23CC4CC(CC(C4)C2)C3)c1O. The van der Waals surface area contributed by atoms with Crippen molar-refractivity contribution in [3.05, 3.63) is 23.0 Å². The minimum absolute atomic E-state index is 0.0127. The van der Waals surface area contributed by atoms with E-state index in [-0.39, 0.29) is 23.7 Å². The van der Waals surface area contributed by atoms with Crippen LogP contribution in [-0.2, 0) is 11.4 Å². The smallest absolute Gasteiger partial charge is 0.246 e. The maximum absolute atomic E-state index is 12.8. The highest BCUT2D eigenvalue weighted by Crippen LogP contribution is 2.60. The highest BCUT2D eigenvalue weighted by Gasteiger charge is 2.54. The van der Waals surface area contributed by atoms with E-state index in [0.29, 0.717) is 34.6 Å². The fraction of sp³-hybridized carbons (Fsp3) is 0.632. The van der Waals surface area contributed by atoms with E-state index in [2.05, 4.69) is 15.5 Å². The molecule has 1 aromatic heterocycles. The van der Waals surface area contributed by atoms with Crippen molar-refractivity contribution in [2.24, 2.45) is 28.3 Å². The van der Waals surface area contributed by atoms with Crippen LogP contribution in [0.2, 0.25) is 0 Å². The molecule has 4 fully saturated rings. The summed E-state index contributed by atoms with van der Waals surface area (Å²) in [5, 5.41) is 23.6. The number of carbonyl (C=O) groups is 1. The van der Waals surface area contributed by atoms with Gasteiger partial charge in [-0.15, -0.1) is 0 Å². The van der Waals surface area contributed by atoms with Gasteiger partial charge in [0.2, 0.25) is 5.91 Å². The van der Waals surface area contributed by atoms with E-state index in [1.54, 1.807) is 6.92 Å². The van der Waals surface area contributed by atoms with Crippen molar-refractivity contribution in [1.82, 2.24) is 10.4 Å². The van der Waals surface area contributed by atoms with Crippen LogP contribution in [0.4, 0.5) is 0 Å². The van der Waals surface area contributed by atoms with Crippen LogP contribution in [0.3, 0.4) is 0 Å². The Balaban J connectivity index is 1.50. The third-order valence-corrected chi connectivity index (χ3v) is 6.41. The fourth-order valence-corrected chi connectivity index (χ4v) is 5.59. The number of amides is 1. The number of carbonyl (C=O) groups excluding carboxylic acids is 1. The van der Waals surface area contributed by atoms with Gasteiger partial charge in [-0.1, -0.05) is 0 Å². The molecule has 4 aliphatic carbocycles. The van der Waals surface area contributed by atoms with E-state index >= 15 is 0 Å². The van der Waals surface area contributed by atoms with E-state index in [9.17, 15) is 15.0 Å². The summed E-state index contributed by atoms with van der Waals surface area (Å²) in [7, 11) is 0. The van der Waals surface area contributed by atoms with Gasteiger partial charge < -0.3 is 10.2 Å². The normalized spacial score (nSPS) is 33.1. The Labute approximate surface area is 147 Å². The van der Waals surface area contributed by atoms with Crippen molar-refractivity contribution in [1.29, 1.82) is 0 Å². The number of pyridine rings is 1. The molecule has 4 saturated carbocycles. The van der Waals surface area contributed by atoms with Gasteiger partial charge in [-0.2, -0.15) is 5.10 Å². The Morgan fingerprint density at radius 1 is 1.32 bits per heavy atom. The minimum atomic E-state index is -0.248. The largest absolute Gasteiger partial charge is 0.505 e. The second kappa shape index (κ2) is 6.09. The summed E-state index contributed by atoms with van der Waals surface area (Å²) >= 11 is 0. The lowest BCUT2D eigenvalue weighted by atomic mass is 9.49. The van der Waals surface area contributed by atoms with Gasteiger partial charge in [0.1, 0.15) is 5.75 Å². The number of aromatic nitrogens is 1. The molecule has 4 aliphatic rings. The molecule has 0 atom stereocenters. The third-order valence-electron chi connectivity index (χ3n) is 6.41. The van der Waals surface area contributed by atoms with Crippen molar-refractivity contribution in [2.75, 3.05) is 0 Å². The number of aliphatic hydroxyl groups is 1. The standard InChI is InChI=1S/C19H25N3O3/c1-11-17(24)16(15(10-23)8-20-11)9-21-22-18(25)19-5-12-2-13(6-19)4-14(3-12)7-19/h8-9,12-14,23-24H,2-7,10H2,1H3,(H,22,25). The molecule has 1 heterocycles. The second-order valence-electron chi connectivity index (χ2n) is 8.19. The first-order valence-corrected chi connectivity index (χ1v) is 9.12. The van der Waals surface area contributed by atoms with E-state index in [1.807, 2.05) is 0 Å². The number of aromatic hydroxyl groups is 1. The first kappa shape index (κ1) is 16.5. The van der Waals surface area contributed by atoms with Crippen LogP contribution in [-0.4, -0.2) is 27.3 Å². The van der Waals surface area contributed by atoms with Gasteiger partial charge in [-0.3, -0.25) is 9.78 Å². The van der Waals surface area contributed by atoms with Crippen molar-refractivity contribution in [2.45, 2.75) is 52.1 Å². The van der Waals surface area contributed by atoms with Gasteiger partial charge in [0.05, 0.1) is 23.9 Å². The van der Waals surface area contributed by atoms with Gasteiger partial charge in [0.15, 0.2) is 0 Å². The molecule has 6 nitrogen and oxygen atoms in total. The van der Waals surface area contributed by atoms with Gasteiger partial charge in [0.25, 0.3) is 0 Å². The quantitative estimate of drug-likeness (QED) is 0.577. The van der Waals surface area contributed by atoms with Crippen LogP contribution < -0.4 is 5.43 Å². The van der Waals surface area contributed by atoms with Crippen molar-refractivity contribution < 1.29 is 15.0 Å². The second-order valence-corrected chi connectivity index (χ2v) is 8.19. The number of aryl methyl sites for hydroxylation is 1. The van der Waals surface area contributed by atoms with Crippen LogP contribution in [0, 0.1) is 30.1 Å². The van der Waals surface area contributed by atoms with Gasteiger partial charge >= 0.3 is 0 Å². The molecule has 3 N–H and O–H groups in total. The molecular formula is C19H25N3O3. The van der Waals surface area contributed by atoms with Crippen LogP contribution in [0.1, 0.15) is 55.3 Å². The van der Waals surface area contributed by atoms with E-state index in [0.717, 1.165) is 19.3 Å². The summed E-state index contributed by atoms with van der Waals surface area (Å²) in [5.74, 6) is 2.11. The molecule has 25 heavy (non-hydrogen) atoms. The lowest BCUT2D eigenvalue weighted by Crippen LogP contribution is -2.52. The van der Waals surface area contributed by atoms with Gasteiger partial charge in [-0.25, -0.2) is 5.43 Å². The molecule has 0 radical (unpaired) electrons. The number of hydrogen-bond donors (Lipinski definition) is 3. The number of aliphatic hydroxyl groups excluding tert-OH is 1. The molecular weight excluding hydrogens is 318 g/mol. The lowest BCUT2D eigenvalue weighted by Gasteiger charge is -2.55. The number of hydrazone groups is 1. The summed E-state index contributed by atoms with van der Waals surface area (Å²) in [6, 6.07) is 0. The Morgan fingerprint density at radius 3 is 2.48 bits per heavy atom. The maximum atomic E-state index is 12.8. The minimum Gasteiger partial charge on any atom is -0.505 e. The Bertz CT molecular complexity index is 694. The molecule has 0 aliphatic heterocycles. The monoisotopic (exact) mass is 343 g/mol. The maximum Gasteiger partial charge on any atom is 0.246 e. The highest BCUT2D eigenvalue weighted by molar-refractivity contribution is 5.88. The number of nitrogens with zero attached hydrogens (tertiary/aromatic N) is 2. The van der Waals surface area contributed by atoms with E-state index in [4.69, 9.17) is 0 Å². The Morgan fingerprint density at radius 2 is 1.92 bits per heavy atom. The van der Waals surface area contributed by atoms with Gasteiger partial charge in [-0.05, 0) is 63.2 Å². The molecule has 1 aromatic rings. The molecule has 6 heteroatoms. The molecule has 0 saturated heterocycles. The average molecular weight is 343 g/mol. The van der Waals surface area contributed by atoms with Crippen LogP contribution in [0.25, 0.3) is 0 Å². The van der Waals surface area contributed by atoms with Crippen LogP contribution in [0.5, 0.6) is 5.75 Å². The Hall–Kier alpha value is -1.95. The number of rotatable bonds is 4. The average Bonchev–Trinajstić information content (AvgIpc) is 2.57. The number of nitrogens with one attached hydrogen (secondary N) is 1. The van der Waals surface area contributed by atoms with Crippen LogP contribution in [0.15, 0.2) is 11.3 Å². The summed E-state index contributed by atoms with van der Waals surface area (Å²) in [6.45, 7) is 1.44. The first-order chi connectivity index (χ1) is 12.0.